The van der Waals surface area contributed by atoms with Gasteiger partial charge in [0.1, 0.15) is 0 Å². The molecule has 0 aliphatic carbocycles. The molecule has 8 heteroatoms. The second-order valence-corrected chi connectivity index (χ2v) is 7.44. The average molecular weight is 455 g/mol. The zero-order chi connectivity index (χ0) is 20.4. The number of carbonyl (C=O) groups is 2. The van der Waals surface area contributed by atoms with Crippen LogP contribution in [0, 0.1) is 0 Å². The van der Waals surface area contributed by atoms with E-state index < -0.39 is 11.9 Å². The molecule has 0 aromatic heterocycles. The summed E-state index contributed by atoms with van der Waals surface area (Å²) in [6, 6.07) is 14.6. The number of nitrogens with one attached hydrogen (secondary N) is 1. The first-order valence-electron chi connectivity index (χ1n) is 7.85. The molecule has 1 amide bonds. The maximum atomic E-state index is 12.8. The number of hydrogen-bond donors (Lipinski definition) is 2. The molecule has 4 nitrogen and oxygen atoms in total. The van der Waals surface area contributed by atoms with Crippen LogP contribution in [0.15, 0.2) is 54.6 Å². The van der Waals surface area contributed by atoms with Crippen LogP contribution >= 0.6 is 46.4 Å². The third kappa shape index (κ3) is 4.42. The van der Waals surface area contributed by atoms with Crippen LogP contribution < -0.4 is 5.32 Å². The summed E-state index contributed by atoms with van der Waals surface area (Å²) in [5, 5.41) is 12.4. The van der Waals surface area contributed by atoms with Gasteiger partial charge in [-0.2, -0.15) is 0 Å². The molecule has 0 heterocycles. The molecule has 0 bridgehead atoms. The van der Waals surface area contributed by atoms with Gasteiger partial charge in [0.25, 0.3) is 5.91 Å². The van der Waals surface area contributed by atoms with Gasteiger partial charge in [0, 0.05) is 5.02 Å². The molecule has 0 fully saturated rings. The van der Waals surface area contributed by atoms with E-state index in [0.29, 0.717) is 5.02 Å². The Morgan fingerprint density at radius 1 is 0.786 bits per heavy atom. The minimum Gasteiger partial charge on any atom is -0.478 e. The third-order valence-corrected chi connectivity index (χ3v) is 5.06. The first-order chi connectivity index (χ1) is 13.3. The lowest BCUT2D eigenvalue weighted by molar-refractivity contribution is 0.0696. The topological polar surface area (TPSA) is 66.4 Å². The maximum absolute atomic E-state index is 12.8. The highest BCUT2D eigenvalue weighted by molar-refractivity contribution is 6.41. The molecule has 0 spiro atoms. The Bertz CT molecular complexity index is 1080. The Morgan fingerprint density at radius 2 is 1.43 bits per heavy atom. The zero-order valence-corrected chi connectivity index (χ0v) is 17.0. The zero-order valence-electron chi connectivity index (χ0n) is 14.0. The van der Waals surface area contributed by atoms with Gasteiger partial charge in [0.15, 0.2) is 0 Å². The summed E-state index contributed by atoms with van der Waals surface area (Å²) in [5.74, 6) is -1.72. The first-order valence-corrected chi connectivity index (χ1v) is 9.36. The van der Waals surface area contributed by atoms with E-state index in [4.69, 9.17) is 51.5 Å². The smallest absolute Gasteiger partial charge is 0.335 e. The highest BCUT2D eigenvalue weighted by Crippen LogP contribution is 2.33. The van der Waals surface area contributed by atoms with Crippen molar-refractivity contribution in [1.82, 2.24) is 0 Å². The van der Waals surface area contributed by atoms with Gasteiger partial charge in [-0.25, -0.2) is 4.79 Å². The van der Waals surface area contributed by atoms with E-state index in [1.165, 1.54) is 12.1 Å². The first kappa shape index (κ1) is 20.5. The van der Waals surface area contributed by atoms with Crippen molar-refractivity contribution >= 4 is 64.0 Å². The number of carboxylic acids is 1. The number of aromatic carboxylic acids is 1. The summed E-state index contributed by atoms with van der Waals surface area (Å²) >= 11 is 24.4. The predicted octanol–water partition coefficient (Wildman–Crippen LogP) is 6.92. The molecule has 0 radical (unpaired) electrons. The molecule has 3 rings (SSSR count). The SMILES string of the molecule is O=C(O)c1cc(Cl)c(NC(=O)c2cc(-c3cccc(Cl)c3)ccc2Cl)c(Cl)c1. The summed E-state index contributed by atoms with van der Waals surface area (Å²) in [6.07, 6.45) is 0. The van der Waals surface area contributed by atoms with E-state index in [9.17, 15) is 9.59 Å². The molecule has 0 aliphatic rings. The van der Waals surface area contributed by atoms with Crippen molar-refractivity contribution in [2.24, 2.45) is 0 Å². The minimum absolute atomic E-state index is 0.000341. The van der Waals surface area contributed by atoms with Crippen molar-refractivity contribution in [2.75, 3.05) is 5.32 Å². The highest BCUT2D eigenvalue weighted by Gasteiger charge is 2.18. The van der Waals surface area contributed by atoms with Crippen molar-refractivity contribution in [3.63, 3.8) is 0 Å². The Balaban J connectivity index is 1.95. The van der Waals surface area contributed by atoms with Crippen LogP contribution in [-0.4, -0.2) is 17.0 Å². The Kier molecular flexibility index (Phi) is 6.16. The Morgan fingerprint density at radius 3 is 2.04 bits per heavy atom. The molecular formula is C20H11Cl4NO3. The average Bonchev–Trinajstić information content (AvgIpc) is 2.64. The molecule has 28 heavy (non-hydrogen) atoms. The maximum Gasteiger partial charge on any atom is 0.335 e. The standard InChI is InChI=1S/C20H11Cl4NO3/c21-13-3-1-2-10(6-13)11-4-5-15(22)14(7-11)19(26)25-18-16(23)8-12(20(27)28)9-17(18)24/h1-9H,(H,25,26)(H,27,28). The molecule has 0 unspecified atom stereocenters. The predicted molar refractivity (Wildman–Crippen MR) is 113 cm³/mol. The number of carbonyl (C=O) groups excluding carboxylic acids is 1. The lowest BCUT2D eigenvalue weighted by atomic mass is 10.0. The van der Waals surface area contributed by atoms with Crippen molar-refractivity contribution in [3.8, 4) is 11.1 Å². The van der Waals surface area contributed by atoms with Gasteiger partial charge in [-0.15, -0.1) is 0 Å². The normalized spacial score (nSPS) is 10.6. The van der Waals surface area contributed by atoms with Crippen LogP contribution in [-0.2, 0) is 0 Å². The molecule has 0 saturated carbocycles. The van der Waals surface area contributed by atoms with Gasteiger partial charge in [0.05, 0.1) is 31.9 Å². The number of amides is 1. The molecule has 0 atom stereocenters. The Labute approximate surface area is 180 Å². The van der Waals surface area contributed by atoms with E-state index in [2.05, 4.69) is 5.32 Å². The van der Waals surface area contributed by atoms with E-state index in [1.54, 1.807) is 36.4 Å². The summed E-state index contributed by atoms with van der Waals surface area (Å²) in [6.45, 7) is 0. The lowest BCUT2D eigenvalue weighted by Crippen LogP contribution is -2.14. The number of rotatable bonds is 4. The van der Waals surface area contributed by atoms with Crippen molar-refractivity contribution < 1.29 is 14.7 Å². The molecule has 2 N–H and O–H groups in total. The van der Waals surface area contributed by atoms with Gasteiger partial charge in [-0.1, -0.05) is 64.6 Å². The minimum atomic E-state index is -1.18. The van der Waals surface area contributed by atoms with Gasteiger partial charge in [0.2, 0.25) is 0 Å². The van der Waals surface area contributed by atoms with E-state index in [1.807, 2.05) is 6.07 Å². The summed E-state index contributed by atoms with van der Waals surface area (Å²) < 4.78 is 0. The van der Waals surface area contributed by atoms with Crippen molar-refractivity contribution in [1.29, 1.82) is 0 Å². The van der Waals surface area contributed by atoms with E-state index in [-0.39, 0.29) is 31.9 Å². The van der Waals surface area contributed by atoms with E-state index >= 15 is 0 Å². The summed E-state index contributed by atoms with van der Waals surface area (Å²) in [4.78, 5) is 23.8. The van der Waals surface area contributed by atoms with Crippen LogP contribution in [0.25, 0.3) is 11.1 Å². The van der Waals surface area contributed by atoms with Gasteiger partial charge < -0.3 is 10.4 Å². The third-order valence-electron chi connectivity index (χ3n) is 3.90. The van der Waals surface area contributed by atoms with Gasteiger partial charge >= 0.3 is 5.97 Å². The van der Waals surface area contributed by atoms with Crippen LogP contribution in [0.4, 0.5) is 5.69 Å². The van der Waals surface area contributed by atoms with Crippen LogP contribution in [0.2, 0.25) is 20.1 Å². The fraction of sp³-hybridized carbons (Fsp3) is 0. The lowest BCUT2D eigenvalue weighted by Gasteiger charge is -2.12. The molecule has 3 aromatic carbocycles. The van der Waals surface area contributed by atoms with E-state index in [0.717, 1.165) is 11.1 Å². The molecule has 0 saturated heterocycles. The molecule has 0 aliphatic heterocycles. The van der Waals surface area contributed by atoms with Crippen LogP contribution in [0.5, 0.6) is 0 Å². The molecular weight excluding hydrogens is 444 g/mol. The number of halogens is 4. The van der Waals surface area contributed by atoms with Gasteiger partial charge in [-0.3, -0.25) is 4.79 Å². The molecule has 142 valence electrons. The number of hydrogen-bond acceptors (Lipinski definition) is 2. The number of anilines is 1. The second kappa shape index (κ2) is 8.41. The van der Waals surface area contributed by atoms with Gasteiger partial charge in [-0.05, 0) is 47.5 Å². The quantitative estimate of drug-likeness (QED) is 0.449. The number of benzene rings is 3. The molecule has 3 aromatic rings. The fourth-order valence-corrected chi connectivity index (χ4v) is 3.52. The largest absolute Gasteiger partial charge is 0.478 e. The summed E-state index contributed by atoms with van der Waals surface area (Å²) in [7, 11) is 0. The van der Waals surface area contributed by atoms with Crippen molar-refractivity contribution in [2.45, 2.75) is 0 Å². The van der Waals surface area contributed by atoms with Crippen molar-refractivity contribution in [3.05, 3.63) is 85.8 Å². The van der Waals surface area contributed by atoms with Crippen LogP contribution in [0.3, 0.4) is 0 Å². The summed E-state index contributed by atoms with van der Waals surface area (Å²) in [5.41, 5.74) is 1.78. The fourth-order valence-electron chi connectivity index (χ4n) is 2.54. The monoisotopic (exact) mass is 453 g/mol. The highest BCUT2D eigenvalue weighted by atomic mass is 35.5. The number of carboxylic acid groups (broad SMARTS) is 1. The second-order valence-electron chi connectivity index (χ2n) is 5.78. The Hall–Kier alpha value is -2.24. The van der Waals surface area contributed by atoms with Crippen LogP contribution in [0.1, 0.15) is 20.7 Å².